The zero-order chi connectivity index (χ0) is 19.1. The molecule has 2 aromatic rings. The maximum Gasteiger partial charge on any atom is 0.255 e. The van der Waals surface area contributed by atoms with Gasteiger partial charge in [-0.3, -0.25) is 14.4 Å². The van der Waals surface area contributed by atoms with Gasteiger partial charge in [0.1, 0.15) is 0 Å². The summed E-state index contributed by atoms with van der Waals surface area (Å²) in [6.07, 6.45) is 0.830. The minimum Gasteiger partial charge on any atom is -0.350 e. The molecule has 0 fully saturated rings. The molecule has 0 saturated carbocycles. The van der Waals surface area contributed by atoms with Gasteiger partial charge in [0.2, 0.25) is 5.91 Å². The van der Waals surface area contributed by atoms with E-state index in [1.54, 1.807) is 48.5 Å². The van der Waals surface area contributed by atoms with Gasteiger partial charge in [0.15, 0.2) is 0 Å². The topological polar surface area (TPSA) is 87.3 Å². The zero-order valence-corrected chi connectivity index (χ0v) is 15.1. The third kappa shape index (κ3) is 5.44. The molecular weight excluding hydrogens is 330 g/mol. The normalized spacial score (nSPS) is 11.3. The summed E-state index contributed by atoms with van der Waals surface area (Å²) in [5.74, 6) is -0.724. The van der Waals surface area contributed by atoms with E-state index in [4.69, 9.17) is 0 Å². The van der Waals surface area contributed by atoms with Crippen LogP contribution in [0.3, 0.4) is 0 Å². The monoisotopic (exact) mass is 353 g/mol. The Hall–Kier alpha value is -3.15. The van der Waals surface area contributed by atoms with E-state index in [1.165, 1.54) is 6.92 Å². The Bertz CT molecular complexity index is 817. The van der Waals surface area contributed by atoms with Crippen LogP contribution in [-0.2, 0) is 4.79 Å². The van der Waals surface area contributed by atoms with Crippen LogP contribution in [0.25, 0.3) is 0 Å². The molecule has 0 saturated heterocycles. The van der Waals surface area contributed by atoms with Crippen molar-refractivity contribution < 1.29 is 14.4 Å². The Balaban J connectivity index is 2.11. The smallest absolute Gasteiger partial charge is 0.255 e. The van der Waals surface area contributed by atoms with Crippen molar-refractivity contribution in [1.29, 1.82) is 0 Å². The second-order valence-electron chi connectivity index (χ2n) is 6.08. The van der Waals surface area contributed by atoms with Crippen LogP contribution in [0.2, 0.25) is 0 Å². The summed E-state index contributed by atoms with van der Waals surface area (Å²) in [4.78, 5) is 35.8. The van der Waals surface area contributed by atoms with Crippen molar-refractivity contribution in [3.63, 3.8) is 0 Å². The quantitative estimate of drug-likeness (QED) is 0.743. The maximum absolute atomic E-state index is 12.5. The molecule has 6 heteroatoms. The first-order valence-electron chi connectivity index (χ1n) is 8.49. The Morgan fingerprint density at radius 3 is 2.08 bits per heavy atom. The van der Waals surface area contributed by atoms with Crippen molar-refractivity contribution in [2.24, 2.45) is 0 Å². The summed E-state index contributed by atoms with van der Waals surface area (Å²) in [7, 11) is 0. The Labute approximate surface area is 153 Å². The summed E-state index contributed by atoms with van der Waals surface area (Å²) in [5, 5.41) is 8.31. The van der Waals surface area contributed by atoms with Gasteiger partial charge in [0, 0.05) is 35.5 Å². The van der Waals surface area contributed by atoms with E-state index in [9.17, 15) is 14.4 Å². The third-order valence-corrected chi connectivity index (χ3v) is 3.82. The van der Waals surface area contributed by atoms with Gasteiger partial charge in [-0.1, -0.05) is 19.1 Å². The fraction of sp³-hybridized carbons (Fsp3) is 0.250. The Morgan fingerprint density at radius 2 is 1.46 bits per heavy atom. The van der Waals surface area contributed by atoms with Crippen molar-refractivity contribution in [3.05, 3.63) is 59.7 Å². The second-order valence-corrected chi connectivity index (χ2v) is 6.08. The summed E-state index contributed by atoms with van der Waals surface area (Å²) in [5.41, 5.74) is 1.96. The molecule has 0 aromatic heterocycles. The van der Waals surface area contributed by atoms with Crippen LogP contribution < -0.4 is 16.0 Å². The van der Waals surface area contributed by atoms with Gasteiger partial charge in [-0.15, -0.1) is 0 Å². The highest BCUT2D eigenvalue weighted by molar-refractivity contribution is 6.06. The standard InChI is InChI=1S/C20H23N3O3/c1-4-13(2)21-19(25)15-7-5-8-16(11-15)20(26)23-18-10-6-9-17(12-18)22-14(3)24/h5-13H,4H2,1-3H3,(H,21,25)(H,22,24)(H,23,26). The van der Waals surface area contributed by atoms with Gasteiger partial charge in [-0.25, -0.2) is 0 Å². The Kier molecular flexibility index (Phi) is 6.49. The van der Waals surface area contributed by atoms with Gasteiger partial charge in [0.25, 0.3) is 11.8 Å². The summed E-state index contributed by atoms with van der Waals surface area (Å²) >= 11 is 0. The number of anilines is 2. The van der Waals surface area contributed by atoms with Crippen LogP contribution in [0.15, 0.2) is 48.5 Å². The molecule has 2 aromatic carbocycles. The summed E-state index contributed by atoms with van der Waals surface area (Å²) < 4.78 is 0. The number of hydrogen-bond acceptors (Lipinski definition) is 3. The number of nitrogens with one attached hydrogen (secondary N) is 3. The van der Waals surface area contributed by atoms with Crippen molar-refractivity contribution >= 4 is 29.1 Å². The van der Waals surface area contributed by atoms with Gasteiger partial charge in [-0.05, 0) is 49.7 Å². The lowest BCUT2D eigenvalue weighted by Gasteiger charge is -2.12. The molecule has 0 aliphatic carbocycles. The highest BCUT2D eigenvalue weighted by Gasteiger charge is 2.12. The molecule has 136 valence electrons. The van der Waals surface area contributed by atoms with Crippen molar-refractivity contribution in [2.45, 2.75) is 33.2 Å². The molecule has 1 unspecified atom stereocenters. The minimum atomic E-state index is -0.330. The molecule has 0 spiro atoms. The molecule has 0 bridgehead atoms. The van der Waals surface area contributed by atoms with Gasteiger partial charge < -0.3 is 16.0 Å². The number of amides is 3. The molecule has 1 atom stereocenters. The van der Waals surface area contributed by atoms with Crippen LogP contribution in [-0.4, -0.2) is 23.8 Å². The first-order chi connectivity index (χ1) is 12.4. The van der Waals surface area contributed by atoms with Crippen LogP contribution in [0.1, 0.15) is 47.9 Å². The SMILES string of the molecule is CCC(C)NC(=O)c1cccc(C(=O)Nc2cccc(NC(C)=O)c2)c1. The van der Waals surface area contributed by atoms with E-state index in [1.807, 2.05) is 13.8 Å². The molecule has 3 N–H and O–H groups in total. The number of rotatable bonds is 6. The van der Waals surface area contributed by atoms with Crippen molar-refractivity contribution in [1.82, 2.24) is 5.32 Å². The van der Waals surface area contributed by atoms with Gasteiger partial charge in [0.05, 0.1) is 0 Å². The van der Waals surface area contributed by atoms with Crippen molar-refractivity contribution in [3.8, 4) is 0 Å². The molecule has 2 rings (SSSR count). The van der Waals surface area contributed by atoms with Crippen LogP contribution in [0.5, 0.6) is 0 Å². The number of hydrogen-bond donors (Lipinski definition) is 3. The molecule has 0 heterocycles. The number of benzene rings is 2. The first kappa shape index (κ1) is 19.2. The fourth-order valence-corrected chi connectivity index (χ4v) is 2.29. The Morgan fingerprint density at radius 1 is 0.885 bits per heavy atom. The van der Waals surface area contributed by atoms with E-state index in [0.29, 0.717) is 22.5 Å². The molecular formula is C20H23N3O3. The van der Waals surface area contributed by atoms with E-state index < -0.39 is 0 Å². The van der Waals surface area contributed by atoms with Crippen LogP contribution in [0.4, 0.5) is 11.4 Å². The minimum absolute atomic E-state index is 0.0662. The molecule has 0 aliphatic rings. The summed E-state index contributed by atoms with van der Waals surface area (Å²) in [6.45, 7) is 5.33. The molecule has 26 heavy (non-hydrogen) atoms. The molecule has 0 aliphatic heterocycles. The average molecular weight is 353 g/mol. The summed E-state index contributed by atoms with van der Waals surface area (Å²) in [6, 6.07) is 13.5. The maximum atomic E-state index is 12.5. The molecule has 0 radical (unpaired) electrons. The second kappa shape index (κ2) is 8.80. The van der Waals surface area contributed by atoms with Crippen LogP contribution in [0, 0.1) is 0 Å². The third-order valence-electron chi connectivity index (χ3n) is 3.82. The molecule has 6 nitrogen and oxygen atoms in total. The van der Waals surface area contributed by atoms with Gasteiger partial charge >= 0.3 is 0 Å². The predicted molar refractivity (Wildman–Crippen MR) is 102 cm³/mol. The zero-order valence-electron chi connectivity index (χ0n) is 15.1. The lowest BCUT2D eigenvalue weighted by molar-refractivity contribution is -0.114. The predicted octanol–water partition coefficient (Wildman–Crippen LogP) is 3.43. The van der Waals surface area contributed by atoms with E-state index >= 15 is 0 Å². The lowest BCUT2D eigenvalue weighted by Crippen LogP contribution is -2.32. The number of carbonyl (C=O) groups is 3. The van der Waals surface area contributed by atoms with E-state index in [-0.39, 0.29) is 23.8 Å². The highest BCUT2D eigenvalue weighted by atomic mass is 16.2. The van der Waals surface area contributed by atoms with Crippen molar-refractivity contribution in [2.75, 3.05) is 10.6 Å². The van der Waals surface area contributed by atoms with Crippen LogP contribution >= 0.6 is 0 Å². The fourth-order valence-electron chi connectivity index (χ4n) is 2.29. The van der Waals surface area contributed by atoms with E-state index in [2.05, 4.69) is 16.0 Å². The number of carbonyl (C=O) groups excluding carboxylic acids is 3. The molecule has 3 amide bonds. The average Bonchev–Trinajstić information content (AvgIpc) is 2.61. The van der Waals surface area contributed by atoms with E-state index in [0.717, 1.165) is 6.42 Å². The highest BCUT2D eigenvalue weighted by Crippen LogP contribution is 2.16. The largest absolute Gasteiger partial charge is 0.350 e. The first-order valence-corrected chi connectivity index (χ1v) is 8.49. The van der Waals surface area contributed by atoms with Gasteiger partial charge in [-0.2, -0.15) is 0 Å². The lowest BCUT2D eigenvalue weighted by atomic mass is 10.1.